The van der Waals surface area contributed by atoms with E-state index in [0.717, 1.165) is 13.1 Å². The number of para-hydroxylation sites is 2. The maximum atomic E-state index is 11.2. The highest BCUT2D eigenvalue weighted by Crippen LogP contribution is 2.34. The Morgan fingerprint density at radius 1 is 1.33 bits per heavy atom. The van der Waals surface area contributed by atoms with E-state index in [2.05, 4.69) is 15.2 Å². The van der Waals surface area contributed by atoms with Gasteiger partial charge in [0, 0.05) is 19.2 Å². The molecule has 0 saturated carbocycles. The first-order valence-corrected chi connectivity index (χ1v) is 6.93. The largest absolute Gasteiger partial charge is 0.379 e. The third kappa shape index (κ3) is 2.59. The van der Waals surface area contributed by atoms with Crippen LogP contribution < -0.4 is 5.01 Å². The van der Waals surface area contributed by atoms with Gasteiger partial charge in [0.05, 0.1) is 18.1 Å². The van der Waals surface area contributed by atoms with Crippen molar-refractivity contribution in [3.05, 3.63) is 34.4 Å². The molecule has 2 atom stereocenters. The fourth-order valence-electron chi connectivity index (χ4n) is 2.76. The maximum absolute atomic E-state index is 11.2. The molecule has 1 fully saturated rings. The van der Waals surface area contributed by atoms with E-state index in [1.807, 2.05) is 6.92 Å². The van der Waals surface area contributed by atoms with Crippen LogP contribution in [0.25, 0.3) is 0 Å². The van der Waals surface area contributed by atoms with Crippen LogP contribution in [-0.2, 0) is 4.74 Å². The first kappa shape index (κ1) is 13.9. The molecule has 2 aliphatic rings. The number of morpholine rings is 1. The highest BCUT2D eigenvalue weighted by Gasteiger charge is 2.38. The number of hydrogen-bond donors (Lipinski definition) is 0. The van der Waals surface area contributed by atoms with Gasteiger partial charge in [0.1, 0.15) is 17.9 Å². The molecule has 0 spiro atoms. The fraction of sp³-hybridized carbons (Fsp3) is 0.538. The third-order valence-corrected chi connectivity index (χ3v) is 3.76. The number of ether oxygens (including phenoxy) is 1. The van der Waals surface area contributed by atoms with Crippen LogP contribution in [0.5, 0.6) is 0 Å². The number of hydrogen-bond acceptors (Lipinski definition) is 7. The maximum Gasteiger partial charge on any atom is 0.294 e. The smallest absolute Gasteiger partial charge is 0.294 e. The number of nitro benzene ring substituents is 1. The van der Waals surface area contributed by atoms with Crippen LogP contribution in [0.3, 0.4) is 0 Å². The van der Waals surface area contributed by atoms with Gasteiger partial charge in [-0.15, -0.1) is 0 Å². The zero-order valence-corrected chi connectivity index (χ0v) is 11.8. The lowest BCUT2D eigenvalue weighted by molar-refractivity contribution is -0.384. The lowest BCUT2D eigenvalue weighted by atomic mass is 10.2. The van der Waals surface area contributed by atoms with Crippen molar-refractivity contribution in [3.8, 4) is 0 Å². The molecule has 2 aliphatic heterocycles. The van der Waals surface area contributed by atoms with E-state index in [1.165, 1.54) is 6.07 Å². The van der Waals surface area contributed by atoms with E-state index in [1.54, 1.807) is 23.2 Å². The van der Waals surface area contributed by atoms with Gasteiger partial charge in [-0.1, -0.05) is 17.4 Å². The molecule has 1 aromatic rings. The number of nitrogens with zero attached hydrogens (tertiary/aromatic N) is 5. The third-order valence-electron chi connectivity index (χ3n) is 3.76. The Morgan fingerprint density at radius 2 is 2.05 bits per heavy atom. The summed E-state index contributed by atoms with van der Waals surface area (Å²) in [5.41, 5.74) is 0.524. The van der Waals surface area contributed by atoms with Crippen LogP contribution in [0.1, 0.15) is 6.92 Å². The second kappa shape index (κ2) is 5.74. The molecule has 2 unspecified atom stereocenters. The molecule has 0 aliphatic carbocycles. The van der Waals surface area contributed by atoms with Gasteiger partial charge in [-0.05, 0) is 13.0 Å². The summed E-state index contributed by atoms with van der Waals surface area (Å²) in [6.07, 6.45) is -0.102. The lowest BCUT2D eigenvalue weighted by Gasteiger charge is -2.37. The van der Waals surface area contributed by atoms with Crippen LogP contribution in [0.4, 0.5) is 11.4 Å². The van der Waals surface area contributed by atoms with Gasteiger partial charge in [0.15, 0.2) is 0 Å². The summed E-state index contributed by atoms with van der Waals surface area (Å²) in [6, 6.07) is 6.59. The topological polar surface area (TPSA) is 83.6 Å². The molecule has 0 radical (unpaired) electrons. The van der Waals surface area contributed by atoms with Crippen molar-refractivity contribution < 1.29 is 9.66 Å². The monoisotopic (exact) mass is 291 g/mol. The Balaban J connectivity index is 1.93. The molecule has 0 amide bonds. The quantitative estimate of drug-likeness (QED) is 0.626. The van der Waals surface area contributed by atoms with Gasteiger partial charge < -0.3 is 4.74 Å². The van der Waals surface area contributed by atoms with Crippen LogP contribution >= 0.6 is 0 Å². The van der Waals surface area contributed by atoms with Crippen molar-refractivity contribution in [2.75, 3.05) is 31.3 Å². The van der Waals surface area contributed by atoms with Crippen molar-refractivity contribution in [1.29, 1.82) is 0 Å². The molecular weight excluding hydrogens is 274 g/mol. The second-order valence-electron chi connectivity index (χ2n) is 5.10. The minimum Gasteiger partial charge on any atom is -0.379 e. The van der Waals surface area contributed by atoms with Crippen molar-refractivity contribution in [1.82, 2.24) is 4.90 Å². The molecule has 21 heavy (non-hydrogen) atoms. The van der Waals surface area contributed by atoms with Gasteiger partial charge in [0.2, 0.25) is 0 Å². The van der Waals surface area contributed by atoms with Crippen LogP contribution in [-0.4, -0.2) is 48.3 Å². The molecule has 1 aromatic carbocycles. The molecule has 8 nitrogen and oxygen atoms in total. The molecule has 3 rings (SSSR count). The average Bonchev–Trinajstić information content (AvgIpc) is 2.89. The SMILES string of the molecule is CC1N=NN(c2ccccc2[N+](=O)[O-])C1N1CCOCC1. The van der Waals surface area contributed by atoms with Gasteiger partial charge in [-0.2, -0.15) is 5.11 Å². The van der Waals surface area contributed by atoms with Gasteiger partial charge in [-0.3, -0.25) is 15.0 Å². The van der Waals surface area contributed by atoms with Crippen molar-refractivity contribution >= 4 is 11.4 Å². The van der Waals surface area contributed by atoms with E-state index < -0.39 is 0 Å². The molecule has 112 valence electrons. The minimum atomic E-state index is -0.385. The number of anilines is 1. The Hall–Kier alpha value is -2.06. The number of benzene rings is 1. The Labute approximate surface area is 122 Å². The van der Waals surface area contributed by atoms with Crippen molar-refractivity contribution in [2.24, 2.45) is 10.3 Å². The van der Waals surface area contributed by atoms with Crippen LogP contribution in [0.15, 0.2) is 34.6 Å². The highest BCUT2D eigenvalue weighted by atomic mass is 16.6. The van der Waals surface area contributed by atoms with E-state index >= 15 is 0 Å². The summed E-state index contributed by atoms with van der Waals surface area (Å²) in [7, 11) is 0. The van der Waals surface area contributed by atoms with Crippen molar-refractivity contribution in [2.45, 2.75) is 19.1 Å². The predicted molar refractivity (Wildman–Crippen MR) is 76.1 cm³/mol. The Kier molecular flexibility index (Phi) is 3.80. The van der Waals surface area contributed by atoms with Crippen molar-refractivity contribution in [3.63, 3.8) is 0 Å². The zero-order valence-electron chi connectivity index (χ0n) is 11.8. The lowest BCUT2D eigenvalue weighted by Crippen LogP contribution is -2.53. The molecule has 0 N–H and O–H groups in total. The first-order chi connectivity index (χ1) is 10.2. The van der Waals surface area contributed by atoms with Crippen LogP contribution in [0.2, 0.25) is 0 Å². The molecule has 0 aromatic heterocycles. The number of rotatable bonds is 3. The standard InChI is InChI=1S/C13H17N5O3/c1-10-13(16-6-8-21-9-7-16)17(15-14-10)11-4-2-3-5-12(11)18(19)20/h2-5,10,13H,6-9H2,1H3. The second-order valence-corrected chi connectivity index (χ2v) is 5.10. The van der Waals surface area contributed by atoms with E-state index in [-0.39, 0.29) is 22.8 Å². The molecule has 8 heteroatoms. The molecule has 2 heterocycles. The van der Waals surface area contributed by atoms with Gasteiger partial charge >= 0.3 is 0 Å². The van der Waals surface area contributed by atoms with E-state index in [9.17, 15) is 10.1 Å². The Bertz CT molecular complexity index is 558. The van der Waals surface area contributed by atoms with E-state index in [0.29, 0.717) is 18.9 Å². The van der Waals surface area contributed by atoms with E-state index in [4.69, 9.17) is 4.74 Å². The summed E-state index contributed by atoms with van der Waals surface area (Å²) < 4.78 is 5.37. The summed E-state index contributed by atoms with van der Waals surface area (Å²) in [5.74, 6) is 0. The molecule has 0 bridgehead atoms. The first-order valence-electron chi connectivity index (χ1n) is 6.93. The summed E-state index contributed by atoms with van der Waals surface area (Å²) in [6.45, 7) is 4.84. The average molecular weight is 291 g/mol. The summed E-state index contributed by atoms with van der Waals surface area (Å²) >= 11 is 0. The zero-order chi connectivity index (χ0) is 14.8. The highest BCUT2D eigenvalue weighted by molar-refractivity contribution is 5.63. The molecular formula is C13H17N5O3. The minimum absolute atomic E-state index is 0.0390. The molecule has 1 saturated heterocycles. The van der Waals surface area contributed by atoms with Gasteiger partial charge in [-0.25, -0.2) is 5.01 Å². The number of nitro groups is 1. The van der Waals surface area contributed by atoms with Gasteiger partial charge in [0.25, 0.3) is 5.69 Å². The predicted octanol–water partition coefficient (Wildman–Crippen LogP) is 1.83. The fourth-order valence-corrected chi connectivity index (χ4v) is 2.76. The summed E-state index contributed by atoms with van der Waals surface area (Å²) in [5, 5.41) is 21.2. The Morgan fingerprint density at radius 3 is 2.76 bits per heavy atom. The normalized spacial score (nSPS) is 26.2. The summed E-state index contributed by atoms with van der Waals surface area (Å²) in [4.78, 5) is 13.0. The van der Waals surface area contributed by atoms with Crippen LogP contribution in [0, 0.1) is 10.1 Å².